The summed E-state index contributed by atoms with van der Waals surface area (Å²) in [6.07, 6.45) is 0. The molecule has 1 aliphatic heterocycles. The number of rotatable bonds is 5. The highest BCUT2D eigenvalue weighted by Crippen LogP contribution is 2.17. The van der Waals surface area contributed by atoms with Crippen LogP contribution in [0.2, 0.25) is 0 Å². The number of benzene rings is 1. The summed E-state index contributed by atoms with van der Waals surface area (Å²) in [6.45, 7) is 3.96. The van der Waals surface area contributed by atoms with E-state index in [2.05, 4.69) is 0 Å². The lowest BCUT2D eigenvalue weighted by Crippen LogP contribution is -2.40. The Morgan fingerprint density at radius 2 is 1.88 bits per heavy atom. The summed E-state index contributed by atoms with van der Waals surface area (Å²) in [4.78, 5) is 14.0. The molecular formula is C18H21NO5S. The third-order valence-electron chi connectivity index (χ3n) is 4.00. The van der Waals surface area contributed by atoms with E-state index in [0.29, 0.717) is 26.3 Å². The van der Waals surface area contributed by atoms with Crippen LogP contribution >= 0.6 is 0 Å². The van der Waals surface area contributed by atoms with E-state index in [0.717, 1.165) is 11.1 Å². The van der Waals surface area contributed by atoms with Crippen LogP contribution in [0, 0.1) is 6.92 Å². The van der Waals surface area contributed by atoms with Gasteiger partial charge in [0.2, 0.25) is 0 Å². The molecule has 2 heterocycles. The molecule has 1 saturated heterocycles. The van der Waals surface area contributed by atoms with Crippen LogP contribution in [0.15, 0.2) is 40.8 Å². The van der Waals surface area contributed by atoms with Gasteiger partial charge in [0.1, 0.15) is 11.5 Å². The van der Waals surface area contributed by atoms with E-state index in [4.69, 9.17) is 9.15 Å². The highest BCUT2D eigenvalue weighted by atomic mass is 32.2. The predicted octanol–water partition coefficient (Wildman–Crippen LogP) is 2.18. The molecule has 0 atom stereocenters. The molecule has 6 nitrogen and oxygen atoms in total. The molecule has 0 N–H and O–H groups in total. The Labute approximate surface area is 147 Å². The van der Waals surface area contributed by atoms with Crippen molar-refractivity contribution in [2.75, 3.05) is 26.3 Å². The molecule has 1 amide bonds. The smallest absolute Gasteiger partial charge is 0.289 e. The predicted molar refractivity (Wildman–Crippen MR) is 92.9 cm³/mol. The summed E-state index contributed by atoms with van der Waals surface area (Å²) in [7, 11) is -3.38. The van der Waals surface area contributed by atoms with Gasteiger partial charge in [-0.3, -0.25) is 4.79 Å². The van der Waals surface area contributed by atoms with Crippen molar-refractivity contribution >= 4 is 15.7 Å². The minimum Gasteiger partial charge on any atom is -0.455 e. The van der Waals surface area contributed by atoms with E-state index in [9.17, 15) is 13.2 Å². The van der Waals surface area contributed by atoms with E-state index in [1.165, 1.54) is 6.07 Å². The van der Waals surface area contributed by atoms with Gasteiger partial charge < -0.3 is 14.1 Å². The van der Waals surface area contributed by atoms with Crippen LogP contribution < -0.4 is 0 Å². The Hall–Kier alpha value is -2.12. The van der Waals surface area contributed by atoms with Gasteiger partial charge in [0.15, 0.2) is 15.6 Å². The normalized spacial score (nSPS) is 15.3. The zero-order valence-corrected chi connectivity index (χ0v) is 14.9. The van der Waals surface area contributed by atoms with Crippen LogP contribution in [0.25, 0.3) is 0 Å². The molecule has 1 aromatic heterocycles. The molecule has 0 aliphatic carbocycles. The zero-order valence-electron chi connectivity index (χ0n) is 14.1. The molecule has 7 heteroatoms. The number of nitrogens with zero attached hydrogens (tertiary/aromatic N) is 1. The maximum absolute atomic E-state index is 12.4. The maximum Gasteiger partial charge on any atom is 0.289 e. The molecule has 0 spiro atoms. The van der Waals surface area contributed by atoms with Crippen LogP contribution in [0.3, 0.4) is 0 Å². The van der Waals surface area contributed by atoms with E-state index < -0.39 is 9.84 Å². The van der Waals surface area contributed by atoms with Gasteiger partial charge in [-0.15, -0.1) is 0 Å². The van der Waals surface area contributed by atoms with Crippen LogP contribution in [0.1, 0.15) is 27.4 Å². The number of hydrogen-bond acceptors (Lipinski definition) is 5. The monoisotopic (exact) mass is 363 g/mol. The molecule has 1 aliphatic rings. The van der Waals surface area contributed by atoms with Crippen molar-refractivity contribution in [3.05, 3.63) is 59.0 Å². The van der Waals surface area contributed by atoms with E-state index in [1.54, 1.807) is 17.0 Å². The van der Waals surface area contributed by atoms with Gasteiger partial charge in [-0.2, -0.15) is 0 Å². The van der Waals surface area contributed by atoms with Crippen molar-refractivity contribution in [3.8, 4) is 0 Å². The van der Waals surface area contributed by atoms with Gasteiger partial charge in [0, 0.05) is 13.1 Å². The van der Waals surface area contributed by atoms with E-state index >= 15 is 0 Å². The second-order valence-corrected chi connectivity index (χ2v) is 8.26. The van der Waals surface area contributed by atoms with Crippen molar-refractivity contribution in [1.82, 2.24) is 4.90 Å². The zero-order chi connectivity index (χ0) is 17.9. The number of sulfone groups is 1. The summed E-state index contributed by atoms with van der Waals surface area (Å²) >= 11 is 0. The fourth-order valence-electron chi connectivity index (χ4n) is 2.82. The van der Waals surface area contributed by atoms with Crippen molar-refractivity contribution in [3.63, 3.8) is 0 Å². The second-order valence-electron chi connectivity index (χ2n) is 6.19. The number of amides is 1. The molecule has 3 rings (SSSR count). The molecular weight excluding hydrogens is 342 g/mol. The fraction of sp³-hybridized carbons (Fsp3) is 0.389. The standard InChI is InChI=1S/C18H21NO5S/c1-14-3-2-4-15(11-14)12-25(21,22)13-16-5-6-17(24-16)18(20)19-7-9-23-10-8-19/h2-6,11H,7-10,12-13H2,1H3. The average Bonchev–Trinajstić information content (AvgIpc) is 3.02. The van der Waals surface area contributed by atoms with Crippen LogP contribution in [0.4, 0.5) is 0 Å². The van der Waals surface area contributed by atoms with E-state index in [-0.39, 0.29) is 28.9 Å². The van der Waals surface area contributed by atoms with Crippen molar-refractivity contribution < 1.29 is 22.4 Å². The lowest BCUT2D eigenvalue weighted by Gasteiger charge is -2.25. The number of carbonyl (C=O) groups is 1. The molecule has 1 aromatic carbocycles. The first kappa shape index (κ1) is 17.7. The molecule has 134 valence electrons. The first-order valence-electron chi connectivity index (χ1n) is 8.15. The van der Waals surface area contributed by atoms with Gasteiger partial charge in [-0.05, 0) is 24.6 Å². The van der Waals surface area contributed by atoms with E-state index in [1.807, 2.05) is 25.1 Å². The molecule has 2 aromatic rings. The van der Waals surface area contributed by atoms with Crippen LogP contribution in [-0.2, 0) is 26.1 Å². The van der Waals surface area contributed by atoms with Crippen molar-refractivity contribution in [2.45, 2.75) is 18.4 Å². The Kier molecular flexibility index (Phi) is 5.24. The van der Waals surface area contributed by atoms with Crippen molar-refractivity contribution in [1.29, 1.82) is 0 Å². The lowest BCUT2D eigenvalue weighted by atomic mass is 10.2. The Balaban J connectivity index is 1.66. The number of morpholine rings is 1. The molecule has 25 heavy (non-hydrogen) atoms. The lowest BCUT2D eigenvalue weighted by molar-refractivity contribution is 0.0282. The number of furan rings is 1. The largest absolute Gasteiger partial charge is 0.455 e. The van der Waals surface area contributed by atoms with Gasteiger partial charge in [-0.25, -0.2) is 8.42 Å². The second kappa shape index (κ2) is 7.41. The van der Waals surface area contributed by atoms with Gasteiger partial charge >= 0.3 is 0 Å². The topological polar surface area (TPSA) is 76.8 Å². The SMILES string of the molecule is Cc1cccc(CS(=O)(=O)Cc2ccc(C(=O)N3CCOCC3)o2)c1. The summed E-state index contributed by atoms with van der Waals surface area (Å²) in [5.41, 5.74) is 1.76. The summed E-state index contributed by atoms with van der Waals surface area (Å²) in [6, 6.07) is 10.5. The summed E-state index contributed by atoms with van der Waals surface area (Å²) in [5, 5.41) is 0. The average molecular weight is 363 g/mol. The Morgan fingerprint density at radius 3 is 2.60 bits per heavy atom. The fourth-order valence-corrected chi connectivity index (χ4v) is 4.19. The highest BCUT2D eigenvalue weighted by Gasteiger charge is 2.23. The highest BCUT2D eigenvalue weighted by molar-refractivity contribution is 7.89. The minimum atomic E-state index is -3.38. The Bertz CT molecular complexity index is 850. The Morgan fingerprint density at radius 1 is 1.12 bits per heavy atom. The number of aryl methyl sites for hydroxylation is 1. The number of ether oxygens (including phenoxy) is 1. The molecule has 1 fully saturated rings. The first-order valence-corrected chi connectivity index (χ1v) is 9.97. The third-order valence-corrected chi connectivity index (χ3v) is 5.50. The molecule has 0 saturated carbocycles. The molecule has 0 radical (unpaired) electrons. The summed E-state index contributed by atoms with van der Waals surface area (Å²) in [5.74, 6) is -0.0584. The van der Waals surface area contributed by atoms with Crippen LogP contribution in [-0.4, -0.2) is 45.5 Å². The maximum atomic E-state index is 12.4. The summed E-state index contributed by atoms with van der Waals surface area (Å²) < 4.78 is 35.5. The minimum absolute atomic E-state index is 0.0534. The number of hydrogen-bond donors (Lipinski definition) is 0. The quantitative estimate of drug-likeness (QED) is 0.814. The third kappa shape index (κ3) is 4.70. The molecule has 0 unspecified atom stereocenters. The molecule has 0 bridgehead atoms. The van der Waals surface area contributed by atoms with Gasteiger partial charge in [0.05, 0.1) is 19.0 Å². The van der Waals surface area contributed by atoms with Crippen LogP contribution in [0.5, 0.6) is 0 Å². The van der Waals surface area contributed by atoms with Gasteiger partial charge in [0.25, 0.3) is 5.91 Å². The number of carbonyl (C=O) groups excluding carboxylic acids is 1. The van der Waals surface area contributed by atoms with Crippen molar-refractivity contribution in [2.24, 2.45) is 0 Å². The first-order chi connectivity index (χ1) is 11.9. The van der Waals surface area contributed by atoms with Gasteiger partial charge in [-0.1, -0.05) is 29.8 Å².